The van der Waals surface area contributed by atoms with Crippen molar-refractivity contribution in [2.75, 3.05) is 12.8 Å². The molecule has 72 valence electrons. The van der Waals surface area contributed by atoms with Crippen LogP contribution in [0.4, 0.5) is 0 Å². The minimum absolute atomic E-state index is 0.0838. The van der Waals surface area contributed by atoms with E-state index < -0.39 is 11.1 Å². The molecule has 0 saturated heterocycles. The summed E-state index contributed by atoms with van der Waals surface area (Å²) in [6.45, 7) is 1.91. The number of nitrogens with two attached hydrogens (primary N) is 1. The molecular formula is C6H15N3O2S. The second-order valence-electron chi connectivity index (χ2n) is 2.35. The SMILES string of the molecule is CCC(CS(=O)O)NC(N)=NC. The summed E-state index contributed by atoms with van der Waals surface area (Å²) in [6, 6.07) is -0.0838. The normalized spacial score (nSPS) is 17.1. The molecule has 12 heavy (non-hydrogen) atoms. The lowest BCUT2D eigenvalue weighted by molar-refractivity contribution is 0.545. The number of guanidine groups is 1. The zero-order chi connectivity index (χ0) is 9.56. The lowest BCUT2D eigenvalue weighted by atomic mass is 10.3. The third-order valence-corrected chi connectivity index (χ3v) is 2.12. The summed E-state index contributed by atoms with van der Waals surface area (Å²) in [5.74, 6) is 0.472. The highest BCUT2D eigenvalue weighted by molar-refractivity contribution is 7.79. The topological polar surface area (TPSA) is 87.7 Å². The summed E-state index contributed by atoms with van der Waals surface area (Å²) in [6.07, 6.45) is 0.739. The first-order chi connectivity index (χ1) is 5.60. The van der Waals surface area contributed by atoms with Gasteiger partial charge in [-0.15, -0.1) is 0 Å². The summed E-state index contributed by atoms with van der Waals surface area (Å²) in [4.78, 5) is 3.69. The zero-order valence-electron chi connectivity index (χ0n) is 7.28. The number of hydrogen-bond acceptors (Lipinski definition) is 2. The lowest BCUT2D eigenvalue weighted by Crippen LogP contribution is -2.42. The molecule has 0 aliphatic rings. The van der Waals surface area contributed by atoms with Gasteiger partial charge in [0.15, 0.2) is 17.0 Å². The summed E-state index contributed by atoms with van der Waals surface area (Å²) in [7, 11) is 1.56. The molecule has 0 bridgehead atoms. The van der Waals surface area contributed by atoms with E-state index in [4.69, 9.17) is 10.3 Å². The van der Waals surface area contributed by atoms with E-state index in [9.17, 15) is 4.21 Å². The van der Waals surface area contributed by atoms with Gasteiger partial charge in [0, 0.05) is 13.1 Å². The molecule has 0 aromatic carbocycles. The molecule has 0 amide bonds. The highest BCUT2D eigenvalue weighted by atomic mass is 32.2. The van der Waals surface area contributed by atoms with Crippen molar-refractivity contribution in [2.45, 2.75) is 19.4 Å². The Morgan fingerprint density at radius 3 is 2.75 bits per heavy atom. The fourth-order valence-corrected chi connectivity index (χ4v) is 1.37. The predicted octanol–water partition coefficient (Wildman–Crippen LogP) is -0.479. The molecule has 2 atom stereocenters. The number of nitrogens with one attached hydrogen (secondary N) is 1. The first kappa shape index (κ1) is 11.4. The van der Waals surface area contributed by atoms with Crippen molar-refractivity contribution < 1.29 is 8.76 Å². The number of rotatable bonds is 4. The molecule has 0 radical (unpaired) electrons. The standard InChI is InChI=1S/C6H15N3O2S/c1-3-5(4-12(10)11)9-6(7)8-2/h5H,3-4H2,1-2H3,(H,10,11)(H3,7,8,9). The molecule has 0 aliphatic heterocycles. The third-order valence-electron chi connectivity index (χ3n) is 1.43. The molecule has 0 aliphatic carbocycles. The fraction of sp³-hybridized carbons (Fsp3) is 0.833. The molecule has 0 heterocycles. The van der Waals surface area contributed by atoms with Gasteiger partial charge in [0.2, 0.25) is 0 Å². The maximum absolute atomic E-state index is 10.4. The predicted molar refractivity (Wildman–Crippen MR) is 50.4 cm³/mol. The van der Waals surface area contributed by atoms with Crippen LogP contribution in [0.15, 0.2) is 4.99 Å². The minimum Gasteiger partial charge on any atom is -0.370 e. The van der Waals surface area contributed by atoms with Crippen LogP contribution in [0.25, 0.3) is 0 Å². The van der Waals surface area contributed by atoms with E-state index >= 15 is 0 Å². The summed E-state index contributed by atoms with van der Waals surface area (Å²) >= 11 is -1.79. The highest BCUT2D eigenvalue weighted by Crippen LogP contribution is 1.92. The molecule has 0 aromatic heterocycles. The summed E-state index contributed by atoms with van der Waals surface area (Å²) < 4.78 is 19.0. The Balaban J connectivity index is 3.91. The van der Waals surface area contributed by atoms with Crippen molar-refractivity contribution >= 4 is 17.0 Å². The first-order valence-corrected chi connectivity index (χ1v) is 4.94. The Morgan fingerprint density at radius 1 is 1.83 bits per heavy atom. The van der Waals surface area contributed by atoms with E-state index in [2.05, 4.69) is 10.3 Å². The van der Waals surface area contributed by atoms with Gasteiger partial charge in [0.05, 0.1) is 5.75 Å². The van der Waals surface area contributed by atoms with Crippen LogP contribution < -0.4 is 11.1 Å². The molecule has 0 rings (SSSR count). The summed E-state index contributed by atoms with van der Waals surface area (Å²) in [5.41, 5.74) is 5.38. The molecule has 0 saturated carbocycles. The van der Waals surface area contributed by atoms with Crippen molar-refractivity contribution in [2.24, 2.45) is 10.7 Å². The van der Waals surface area contributed by atoms with Crippen LogP contribution in [-0.2, 0) is 11.1 Å². The Bertz CT molecular complexity index is 184. The summed E-state index contributed by atoms with van der Waals surface area (Å²) in [5, 5.41) is 2.82. The van der Waals surface area contributed by atoms with Crippen LogP contribution in [0.2, 0.25) is 0 Å². The van der Waals surface area contributed by atoms with Gasteiger partial charge < -0.3 is 15.6 Å². The van der Waals surface area contributed by atoms with Crippen LogP contribution >= 0.6 is 0 Å². The zero-order valence-corrected chi connectivity index (χ0v) is 8.10. The van der Waals surface area contributed by atoms with E-state index in [-0.39, 0.29) is 11.8 Å². The largest absolute Gasteiger partial charge is 0.370 e. The number of hydrogen-bond donors (Lipinski definition) is 3. The maximum Gasteiger partial charge on any atom is 0.188 e. The monoisotopic (exact) mass is 193 g/mol. The molecule has 2 unspecified atom stereocenters. The maximum atomic E-state index is 10.4. The molecule has 0 fully saturated rings. The highest BCUT2D eigenvalue weighted by Gasteiger charge is 2.09. The van der Waals surface area contributed by atoms with E-state index in [1.54, 1.807) is 7.05 Å². The van der Waals surface area contributed by atoms with E-state index in [1.807, 2.05) is 6.92 Å². The van der Waals surface area contributed by atoms with Gasteiger partial charge in [-0.05, 0) is 6.42 Å². The molecule has 0 aromatic rings. The van der Waals surface area contributed by atoms with Gasteiger partial charge in [0.1, 0.15) is 0 Å². The van der Waals surface area contributed by atoms with E-state index in [1.165, 1.54) is 0 Å². The van der Waals surface area contributed by atoms with Crippen molar-refractivity contribution in [1.29, 1.82) is 0 Å². The van der Waals surface area contributed by atoms with Crippen molar-refractivity contribution in [3.63, 3.8) is 0 Å². The quantitative estimate of drug-likeness (QED) is 0.320. The Hall–Kier alpha value is -0.620. The average Bonchev–Trinajstić information content (AvgIpc) is 2.02. The first-order valence-electron chi connectivity index (χ1n) is 3.66. The Kier molecular flexibility index (Phi) is 5.65. The minimum atomic E-state index is -1.79. The Morgan fingerprint density at radius 2 is 2.42 bits per heavy atom. The molecule has 5 nitrogen and oxygen atoms in total. The average molecular weight is 193 g/mol. The van der Waals surface area contributed by atoms with Crippen molar-refractivity contribution in [1.82, 2.24) is 5.32 Å². The number of aliphatic imine (C=N–C) groups is 1. The van der Waals surface area contributed by atoms with Crippen LogP contribution in [-0.4, -0.2) is 33.6 Å². The van der Waals surface area contributed by atoms with Crippen LogP contribution in [0.5, 0.6) is 0 Å². The van der Waals surface area contributed by atoms with Crippen LogP contribution in [0.3, 0.4) is 0 Å². The van der Waals surface area contributed by atoms with E-state index in [0.717, 1.165) is 6.42 Å². The molecule has 4 N–H and O–H groups in total. The van der Waals surface area contributed by atoms with Gasteiger partial charge in [-0.1, -0.05) is 6.92 Å². The van der Waals surface area contributed by atoms with Crippen LogP contribution in [0.1, 0.15) is 13.3 Å². The van der Waals surface area contributed by atoms with Gasteiger partial charge in [-0.2, -0.15) is 0 Å². The van der Waals surface area contributed by atoms with Gasteiger partial charge in [-0.3, -0.25) is 4.99 Å². The molecular weight excluding hydrogens is 178 g/mol. The van der Waals surface area contributed by atoms with Gasteiger partial charge >= 0.3 is 0 Å². The molecule has 6 heteroatoms. The smallest absolute Gasteiger partial charge is 0.188 e. The second-order valence-corrected chi connectivity index (χ2v) is 3.32. The number of nitrogens with zero attached hydrogens (tertiary/aromatic N) is 1. The Labute approximate surface area is 74.7 Å². The third kappa shape index (κ3) is 5.09. The molecule has 0 spiro atoms. The van der Waals surface area contributed by atoms with Gasteiger partial charge in [0.25, 0.3) is 0 Å². The van der Waals surface area contributed by atoms with E-state index in [0.29, 0.717) is 5.96 Å². The lowest BCUT2D eigenvalue weighted by Gasteiger charge is -2.14. The van der Waals surface area contributed by atoms with Crippen LogP contribution in [0, 0.1) is 0 Å². The van der Waals surface area contributed by atoms with Crippen molar-refractivity contribution in [3.05, 3.63) is 0 Å². The second kappa shape index (κ2) is 5.96. The van der Waals surface area contributed by atoms with Crippen molar-refractivity contribution in [3.8, 4) is 0 Å². The fourth-order valence-electron chi connectivity index (χ4n) is 0.707. The van der Waals surface area contributed by atoms with Gasteiger partial charge in [-0.25, -0.2) is 4.21 Å².